The smallest absolute Gasteiger partial charge is 0.344 e. The average Bonchev–Trinajstić information content (AvgIpc) is 2.69. The molecule has 2 rings (SSSR count). The second-order valence-electron chi connectivity index (χ2n) is 5.85. The van der Waals surface area contributed by atoms with Crippen molar-refractivity contribution in [2.75, 3.05) is 19.0 Å². The molecule has 0 aliphatic rings. The molecule has 0 fully saturated rings. The highest BCUT2D eigenvalue weighted by molar-refractivity contribution is 6.31. The van der Waals surface area contributed by atoms with E-state index in [9.17, 15) is 14.4 Å². The lowest BCUT2D eigenvalue weighted by molar-refractivity contribution is -0.155. The zero-order valence-corrected chi connectivity index (χ0v) is 16.4. The summed E-state index contributed by atoms with van der Waals surface area (Å²) in [5, 5.41) is 3.19. The van der Waals surface area contributed by atoms with E-state index < -0.39 is 24.6 Å². The number of carbonyl (C=O) groups excluding carboxylic acids is 3. The molecule has 1 amide bonds. The molecule has 0 saturated heterocycles. The maximum atomic E-state index is 12.2. The third kappa shape index (κ3) is 5.47. The first kappa shape index (κ1) is 21.2. The van der Waals surface area contributed by atoms with Crippen molar-refractivity contribution >= 4 is 35.5 Å². The van der Waals surface area contributed by atoms with Gasteiger partial charge in [-0.3, -0.25) is 9.59 Å². The van der Waals surface area contributed by atoms with Gasteiger partial charge in [-0.05, 0) is 49.7 Å². The number of amides is 1. The van der Waals surface area contributed by atoms with E-state index in [0.717, 1.165) is 0 Å². The number of anilines is 1. The van der Waals surface area contributed by atoms with Crippen molar-refractivity contribution in [2.45, 2.75) is 20.0 Å². The fourth-order valence-electron chi connectivity index (χ4n) is 2.28. The molecule has 148 valence electrons. The molecule has 8 heteroatoms. The largest absolute Gasteiger partial charge is 0.493 e. The van der Waals surface area contributed by atoms with Crippen molar-refractivity contribution in [3.8, 4) is 11.5 Å². The molecule has 0 aromatic heterocycles. The van der Waals surface area contributed by atoms with E-state index in [2.05, 4.69) is 5.32 Å². The molecular formula is C20H20ClNO6. The number of nitrogens with one attached hydrogen (secondary N) is 1. The highest BCUT2D eigenvalue weighted by Crippen LogP contribution is 2.27. The zero-order valence-electron chi connectivity index (χ0n) is 15.7. The molecule has 0 radical (unpaired) electrons. The number of halogens is 1. The minimum absolute atomic E-state index is 0.275. The summed E-state index contributed by atoms with van der Waals surface area (Å²) in [5.41, 5.74) is 1.66. The monoisotopic (exact) mass is 405 g/mol. The van der Waals surface area contributed by atoms with E-state index in [4.69, 9.17) is 25.8 Å². The van der Waals surface area contributed by atoms with Crippen LogP contribution in [0.4, 0.5) is 5.69 Å². The third-order valence-corrected chi connectivity index (χ3v) is 4.28. The second kappa shape index (κ2) is 9.75. The molecular weight excluding hydrogens is 386 g/mol. The van der Waals surface area contributed by atoms with Gasteiger partial charge in [-0.1, -0.05) is 17.7 Å². The molecule has 2 aromatic carbocycles. The Labute approximate surface area is 167 Å². The van der Waals surface area contributed by atoms with Crippen LogP contribution < -0.4 is 14.8 Å². The summed E-state index contributed by atoms with van der Waals surface area (Å²) < 4.78 is 15.6. The van der Waals surface area contributed by atoms with Gasteiger partial charge in [0.1, 0.15) is 6.29 Å². The van der Waals surface area contributed by atoms with Gasteiger partial charge in [0.05, 0.1) is 7.11 Å². The molecule has 0 aliphatic carbocycles. The zero-order chi connectivity index (χ0) is 20.7. The number of rotatable bonds is 8. The number of hydrogen-bond donors (Lipinski definition) is 1. The highest BCUT2D eigenvalue weighted by atomic mass is 35.5. The van der Waals surface area contributed by atoms with Gasteiger partial charge < -0.3 is 19.5 Å². The summed E-state index contributed by atoms with van der Waals surface area (Å²) >= 11 is 6.02. The van der Waals surface area contributed by atoms with Crippen molar-refractivity contribution < 1.29 is 28.6 Å². The van der Waals surface area contributed by atoms with Crippen LogP contribution in [0, 0.1) is 6.92 Å². The summed E-state index contributed by atoms with van der Waals surface area (Å²) in [4.78, 5) is 35.0. The molecule has 0 heterocycles. The number of carbonyl (C=O) groups is 3. The maximum absolute atomic E-state index is 12.2. The van der Waals surface area contributed by atoms with Crippen molar-refractivity contribution in [3.63, 3.8) is 0 Å². The molecule has 2 aromatic rings. The van der Waals surface area contributed by atoms with Crippen LogP contribution in [-0.2, 0) is 14.3 Å². The first-order chi connectivity index (χ1) is 13.3. The Bertz CT molecular complexity index is 883. The highest BCUT2D eigenvalue weighted by Gasteiger charge is 2.19. The number of benzene rings is 2. The fourth-order valence-corrected chi connectivity index (χ4v) is 2.45. The Morgan fingerprint density at radius 1 is 1.21 bits per heavy atom. The second-order valence-corrected chi connectivity index (χ2v) is 6.26. The van der Waals surface area contributed by atoms with E-state index in [1.807, 2.05) is 0 Å². The Hall–Kier alpha value is -3.06. The normalized spacial score (nSPS) is 11.3. The topological polar surface area (TPSA) is 90.9 Å². The summed E-state index contributed by atoms with van der Waals surface area (Å²) in [6, 6.07) is 9.64. The average molecular weight is 406 g/mol. The lowest BCUT2D eigenvalue weighted by Crippen LogP contribution is -2.31. The minimum atomic E-state index is -1.03. The van der Waals surface area contributed by atoms with Crippen LogP contribution in [0.25, 0.3) is 0 Å². The molecule has 0 bridgehead atoms. The molecule has 0 saturated carbocycles. The van der Waals surface area contributed by atoms with Gasteiger partial charge in [0, 0.05) is 16.3 Å². The number of esters is 1. The van der Waals surface area contributed by atoms with Crippen LogP contribution >= 0.6 is 11.6 Å². The molecule has 1 N–H and O–H groups in total. The van der Waals surface area contributed by atoms with Gasteiger partial charge in [0.2, 0.25) is 0 Å². The molecule has 0 unspecified atom stereocenters. The summed E-state index contributed by atoms with van der Waals surface area (Å²) in [5.74, 6) is -0.644. The van der Waals surface area contributed by atoms with E-state index in [0.29, 0.717) is 33.9 Å². The molecule has 28 heavy (non-hydrogen) atoms. The number of ether oxygens (including phenoxy) is 3. The predicted molar refractivity (Wildman–Crippen MR) is 104 cm³/mol. The molecule has 0 spiro atoms. The Kier molecular flexibility index (Phi) is 7.40. The molecule has 1 atom stereocenters. The van der Waals surface area contributed by atoms with Crippen molar-refractivity contribution in [1.29, 1.82) is 0 Å². The summed E-state index contributed by atoms with van der Waals surface area (Å²) in [6.45, 7) is 2.79. The van der Waals surface area contributed by atoms with Crippen LogP contribution in [-0.4, -0.2) is 38.0 Å². The number of methoxy groups -OCH3 is 1. The van der Waals surface area contributed by atoms with E-state index >= 15 is 0 Å². The van der Waals surface area contributed by atoms with E-state index in [1.54, 1.807) is 25.1 Å². The van der Waals surface area contributed by atoms with E-state index in [1.165, 1.54) is 32.2 Å². The standard InChI is InChI=1S/C20H20ClNO6/c1-12-15(21)5-4-6-16(12)22-20(25)13(2)28-19(24)11-27-17-8-7-14(10-23)9-18(17)26-3/h4-10,13H,11H2,1-3H3,(H,22,25)/t13-/m0/s1. The first-order valence-electron chi connectivity index (χ1n) is 8.37. The first-order valence-corrected chi connectivity index (χ1v) is 8.75. The molecule has 7 nitrogen and oxygen atoms in total. The third-order valence-electron chi connectivity index (χ3n) is 3.87. The van der Waals surface area contributed by atoms with Gasteiger partial charge in [-0.25, -0.2) is 4.79 Å². The van der Waals surface area contributed by atoms with Crippen molar-refractivity contribution in [2.24, 2.45) is 0 Å². The van der Waals surface area contributed by atoms with Crippen LogP contribution in [0.5, 0.6) is 11.5 Å². The lowest BCUT2D eigenvalue weighted by Gasteiger charge is -2.16. The SMILES string of the molecule is COc1cc(C=O)ccc1OCC(=O)O[C@@H](C)C(=O)Nc1cccc(Cl)c1C. The van der Waals surface area contributed by atoms with Gasteiger partial charge >= 0.3 is 5.97 Å². The van der Waals surface area contributed by atoms with Crippen LogP contribution in [0.15, 0.2) is 36.4 Å². The maximum Gasteiger partial charge on any atom is 0.344 e. The Morgan fingerprint density at radius 2 is 1.96 bits per heavy atom. The number of hydrogen-bond acceptors (Lipinski definition) is 6. The quantitative estimate of drug-likeness (QED) is 0.534. The minimum Gasteiger partial charge on any atom is -0.493 e. The molecule has 0 aliphatic heterocycles. The lowest BCUT2D eigenvalue weighted by atomic mass is 10.2. The summed E-state index contributed by atoms with van der Waals surface area (Å²) in [7, 11) is 1.42. The van der Waals surface area contributed by atoms with Crippen molar-refractivity contribution in [3.05, 3.63) is 52.5 Å². The van der Waals surface area contributed by atoms with Crippen molar-refractivity contribution in [1.82, 2.24) is 0 Å². The van der Waals surface area contributed by atoms with Crippen LogP contribution in [0.1, 0.15) is 22.8 Å². The summed E-state index contributed by atoms with van der Waals surface area (Å²) in [6.07, 6.45) is -0.364. The van der Waals surface area contributed by atoms with Gasteiger partial charge in [-0.2, -0.15) is 0 Å². The van der Waals surface area contributed by atoms with Gasteiger partial charge in [0.25, 0.3) is 5.91 Å². The van der Waals surface area contributed by atoms with Gasteiger partial charge in [-0.15, -0.1) is 0 Å². The van der Waals surface area contributed by atoms with Crippen LogP contribution in [0.3, 0.4) is 0 Å². The van der Waals surface area contributed by atoms with Gasteiger partial charge in [0.15, 0.2) is 24.2 Å². The Morgan fingerprint density at radius 3 is 2.64 bits per heavy atom. The van der Waals surface area contributed by atoms with Crippen LogP contribution in [0.2, 0.25) is 5.02 Å². The predicted octanol–water partition coefficient (Wildman–Crippen LogP) is 3.42. The van der Waals surface area contributed by atoms with E-state index in [-0.39, 0.29) is 5.75 Å². The Balaban J connectivity index is 1.91. The fraction of sp³-hybridized carbons (Fsp3) is 0.250. The number of aldehydes is 1.